The van der Waals surface area contributed by atoms with Crippen molar-refractivity contribution >= 4 is 52.5 Å². The number of allylic oxidation sites excluding steroid dienone is 4. The third-order valence-corrected chi connectivity index (χ3v) is 21.8. The molecule has 1 aromatic heterocycles. The van der Waals surface area contributed by atoms with Crippen LogP contribution in [0.4, 0.5) is 0 Å². The van der Waals surface area contributed by atoms with E-state index in [0.717, 1.165) is 29.5 Å². The highest BCUT2D eigenvalue weighted by molar-refractivity contribution is 7.20. The maximum absolute atomic E-state index is 5.40. The molecule has 296 valence electrons. The lowest BCUT2D eigenvalue weighted by Crippen LogP contribution is -2.74. The van der Waals surface area contributed by atoms with Gasteiger partial charge in [-0.15, -0.1) is 0 Å². The summed E-state index contributed by atoms with van der Waals surface area (Å²) in [5.41, 5.74) is 2.86. The molecule has 9 aromatic rings. The molecule has 8 aromatic carbocycles. The fourth-order valence-electron chi connectivity index (χ4n) is 9.47. The summed E-state index contributed by atoms with van der Waals surface area (Å²) in [5, 5.41) is 10.6. The molecule has 0 atom stereocenters. The van der Waals surface area contributed by atoms with Crippen molar-refractivity contribution < 1.29 is 0 Å². The van der Waals surface area contributed by atoms with Gasteiger partial charge in [-0.1, -0.05) is 249 Å². The molecule has 0 spiro atoms. The Morgan fingerprint density at radius 1 is 0.290 bits per heavy atom. The van der Waals surface area contributed by atoms with Crippen molar-refractivity contribution in [3.63, 3.8) is 0 Å². The first-order valence-corrected chi connectivity index (χ1v) is 25.4. The molecule has 0 bridgehead atoms. The number of nitrogens with zero attached hydrogens (tertiary/aromatic N) is 3. The number of aromatic nitrogens is 3. The van der Waals surface area contributed by atoms with Gasteiger partial charge in [0.1, 0.15) is 0 Å². The van der Waals surface area contributed by atoms with Crippen LogP contribution < -0.4 is 36.3 Å². The molecule has 0 aliphatic heterocycles. The summed E-state index contributed by atoms with van der Waals surface area (Å²) in [4.78, 5) is 15.9. The summed E-state index contributed by atoms with van der Waals surface area (Å²) in [6.07, 6.45) is 9.29. The molecule has 0 fully saturated rings. The van der Waals surface area contributed by atoms with E-state index in [0.29, 0.717) is 17.5 Å². The highest BCUT2D eigenvalue weighted by Gasteiger charge is 2.43. The van der Waals surface area contributed by atoms with E-state index in [1.165, 1.54) is 41.5 Å². The van der Waals surface area contributed by atoms with Gasteiger partial charge in [-0.25, -0.2) is 15.0 Å². The van der Waals surface area contributed by atoms with Crippen molar-refractivity contribution in [2.45, 2.75) is 12.8 Å². The lowest BCUT2D eigenvalue weighted by molar-refractivity contribution is 1.03. The van der Waals surface area contributed by atoms with Gasteiger partial charge in [-0.3, -0.25) is 0 Å². The smallest absolute Gasteiger partial charge is 0.179 e. The van der Waals surface area contributed by atoms with Crippen molar-refractivity contribution in [1.82, 2.24) is 15.0 Å². The zero-order chi connectivity index (χ0) is 41.6. The van der Waals surface area contributed by atoms with Crippen LogP contribution in [0.25, 0.3) is 34.2 Å². The van der Waals surface area contributed by atoms with Crippen molar-refractivity contribution in [2.24, 2.45) is 0 Å². The third kappa shape index (κ3) is 7.11. The van der Waals surface area contributed by atoms with Gasteiger partial charge >= 0.3 is 0 Å². The Balaban J connectivity index is 1.19. The molecule has 1 aliphatic carbocycles. The van der Waals surface area contributed by atoms with Gasteiger partial charge in [-0.05, 0) is 54.3 Å². The highest BCUT2D eigenvalue weighted by Crippen LogP contribution is 2.28. The number of hydrogen-bond acceptors (Lipinski definition) is 3. The Morgan fingerprint density at radius 2 is 0.613 bits per heavy atom. The SMILES string of the molecule is C1=CC([Si](c2ccccc2)(c2ccccc2)c2cccc(-c3nc(-c4ccccc4)nc(-c4cccc([Si](c5ccccc5)(c5ccccc5)c5ccccc5)c4)n3)c2)=CCC1. The fourth-order valence-corrected chi connectivity index (χ4v) is 19.2. The van der Waals surface area contributed by atoms with Crippen molar-refractivity contribution in [3.05, 3.63) is 254 Å². The molecule has 3 nitrogen and oxygen atoms in total. The minimum atomic E-state index is -2.81. The van der Waals surface area contributed by atoms with Crippen LogP contribution in [0.15, 0.2) is 254 Å². The summed E-state index contributed by atoms with van der Waals surface area (Å²) >= 11 is 0. The van der Waals surface area contributed by atoms with E-state index >= 15 is 0 Å². The molecule has 0 saturated heterocycles. The third-order valence-electron chi connectivity index (χ3n) is 12.2. The highest BCUT2D eigenvalue weighted by atomic mass is 28.3. The summed E-state index contributed by atoms with van der Waals surface area (Å²) in [7, 11) is -5.57. The van der Waals surface area contributed by atoms with Crippen LogP contribution in [0, 0.1) is 0 Å². The second kappa shape index (κ2) is 17.3. The summed E-state index contributed by atoms with van der Waals surface area (Å²) in [5.74, 6) is 1.94. The van der Waals surface area contributed by atoms with Crippen LogP contribution in [0.1, 0.15) is 12.8 Å². The monoisotopic (exact) mass is 827 g/mol. The average Bonchev–Trinajstić information content (AvgIpc) is 3.37. The minimum absolute atomic E-state index is 0.644. The molecule has 0 N–H and O–H groups in total. The topological polar surface area (TPSA) is 38.7 Å². The van der Waals surface area contributed by atoms with Crippen LogP contribution in [-0.4, -0.2) is 31.1 Å². The molecular weight excluding hydrogens is 783 g/mol. The molecular formula is C57H45N3Si2. The molecule has 10 rings (SSSR count). The van der Waals surface area contributed by atoms with Gasteiger partial charge in [0.25, 0.3) is 0 Å². The Morgan fingerprint density at radius 3 is 1.00 bits per heavy atom. The number of rotatable bonds is 11. The van der Waals surface area contributed by atoms with Gasteiger partial charge in [-0.2, -0.15) is 0 Å². The lowest BCUT2D eigenvalue weighted by Gasteiger charge is -2.36. The van der Waals surface area contributed by atoms with E-state index in [4.69, 9.17) is 15.0 Å². The van der Waals surface area contributed by atoms with Gasteiger partial charge in [0.05, 0.1) is 0 Å². The van der Waals surface area contributed by atoms with E-state index in [2.05, 4.69) is 231 Å². The zero-order valence-corrected chi connectivity index (χ0v) is 36.4. The predicted molar refractivity (Wildman–Crippen MR) is 264 cm³/mol. The van der Waals surface area contributed by atoms with Crippen LogP contribution in [-0.2, 0) is 0 Å². The Hall–Kier alpha value is -7.32. The maximum Gasteiger partial charge on any atom is 0.179 e. The summed E-state index contributed by atoms with van der Waals surface area (Å²) in [6, 6.07) is 83.7. The predicted octanol–water partition coefficient (Wildman–Crippen LogP) is 8.54. The summed E-state index contributed by atoms with van der Waals surface area (Å²) < 4.78 is 0. The second-order valence-electron chi connectivity index (χ2n) is 15.8. The lowest BCUT2D eigenvalue weighted by atomic mass is 10.1. The number of hydrogen-bond donors (Lipinski definition) is 0. The standard InChI is InChI=1S/C57H45N3Si2/c1-8-24-44(25-9-1)55-58-56(45-26-22-40-53(42-45)61(47-28-10-2-11-29-47,48-30-12-3-13-31-48)49-32-14-4-15-33-49)60-57(59-55)46-27-23-41-54(43-46)62(50-34-16-5-17-35-50,51-36-18-6-19-37-51)52-38-20-7-21-39-52/h1-6,8-20,22-43H,7,21H2. The second-order valence-corrected chi connectivity index (χ2v) is 23.4. The largest absolute Gasteiger partial charge is 0.208 e. The van der Waals surface area contributed by atoms with E-state index in [1.54, 1.807) is 0 Å². The van der Waals surface area contributed by atoms with Crippen LogP contribution in [0.2, 0.25) is 0 Å². The molecule has 5 heteroatoms. The molecule has 0 radical (unpaired) electrons. The first-order chi connectivity index (χ1) is 30.7. The first kappa shape index (κ1) is 38.9. The molecule has 0 amide bonds. The van der Waals surface area contributed by atoms with Crippen molar-refractivity contribution in [1.29, 1.82) is 0 Å². The van der Waals surface area contributed by atoms with Crippen LogP contribution >= 0.6 is 0 Å². The van der Waals surface area contributed by atoms with E-state index in [9.17, 15) is 0 Å². The first-order valence-electron chi connectivity index (χ1n) is 21.4. The van der Waals surface area contributed by atoms with Crippen LogP contribution in [0.3, 0.4) is 0 Å². The average molecular weight is 828 g/mol. The Labute approximate surface area is 366 Å². The summed E-state index contributed by atoms with van der Waals surface area (Å²) in [6.45, 7) is 0. The molecule has 0 unspecified atom stereocenters. The van der Waals surface area contributed by atoms with Crippen molar-refractivity contribution in [2.75, 3.05) is 0 Å². The van der Waals surface area contributed by atoms with Crippen molar-refractivity contribution in [3.8, 4) is 34.2 Å². The van der Waals surface area contributed by atoms with Gasteiger partial charge in [0.15, 0.2) is 33.6 Å². The molecule has 1 aliphatic rings. The number of benzene rings is 8. The van der Waals surface area contributed by atoms with Gasteiger partial charge in [0, 0.05) is 16.7 Å². The Bertz CT molecular complexity index is 2860. The zero-order valence-electron chi connectivity index (χ0n) is 34.4. The fraction of sp³-hybridized carbons (Fsp3) is 0.0351. The van der Waals surface area contributed by atoms with E-state index in [1.807, 2.05) is 18.2 Å². The Kier molecular flexibility index (Phi) is 10.9. The minimum Gasteiger partial charge on any atom is -0.208 e. The molecule has 1 heterocycles. The van der Waals surface area contributed by atoms with Gasteiger partial charge < -0.3 is 0 Å². The van der Waals surface area contributed by atoms with Crippen LogP contribution in [0.5, 0.6) is 0 Å². The quantitative estimate of drug-likeness (QED) is 0.0971. The normalized spacial score (nSPS) is 12.7. The van der Waals surface area contributed by atoms with E-state index in [-0.39, 0.29) is 0 Å². The van der Waals surface area contributed by atoms with Gasteiger partial charge in [0.2, 0.25) is 0 Å². The molecule has 0 saturated carbocycles. The maximum atomic E-state index is 5.40. The molecule has 62 heavy (non-hydrogen) atoms. The van der Waals surface area contributed by atoms with E-state index < -0.39 is 16.1 Å².